The number of rotatable bonds is 2. The molecule has 0 aromatic heterocycles. The van der Waals surface area contributed by atoms with Crippen molar-refractivity contribution in [2.75, 3.05) is 0 Å². The van der Waals surface area contributed by atoms with Gasteiger partial charge in [-0.2, -0.15) is 5.26 Å². The van der Waals surface area contributed by atoms with Gasteiger partial charge in [0.1, 0.15) is 11.4 Å². The molecule has 5 heteroatoms. The molecule has 1 amide bonds. The molecule has 20 heavy (non-hydrogen) atoms. The fraction of sp³-hybridized carbons (Fsp3) is 0.467. The third-order valence-electron chi connectivity index (χ3n) is 3.71. The van der Waals surface area contributed by atoms with E-state index in [4.69, 9.17) is 11.6 Å². The van der Waals surface area contributed by atoms with Gasteiger partial charge in [-0.25, -0.2) is 4.39 Å². The van der Waals surface area contributed by atoms with E-state index < -0.39 is 11.4 Å². The van der Waals surface area contributed by atoms with Crippen molar-refractivity contribution in [1.82, 2.24) is 5.32 Å². The van der Waals surface area contributed by atoms with Crippen LogP contribution in [0.4, 0.5) is 4.39 Å². The molecule has 0 radical (unpaired) electrons. The van der Waals surface area contributed by atoms with Gasteiger partial charge in [0.05, 0.1) is 11.1 Å². The van der Waals surface area contributed by atoms with Crippen molar-refractivity contribution in [3.05, 3.63) is 34.6 Å². The maximum atomic E-state index is 13.1. The van der Waals surface area contributed by atoms with Gasteiger partial charge >= 0.3 is 0 Å². The first-order chi connectivity index (χ1) is 9.56. The van der Waals surface area contributed by atoms with E-state index in [0.717, 1.165) is 31.7 Å². The van der Waals surface area contributed by atoms with Crippen LogP contribution in [0.15, 0.2) is 18.2 Å². The Morgan fingerprint density at radius 1 is 1.30 bits per heavy atom. The highest BCUT2D eigenvalue weighted by Gasteiger charge is 2.32. The average molecular weight is 295 g/mol. The number of hydrogen-bond acceptors (Lipinski definition) is 2. The van der Waals surface area contributed by atoms with E-state index in [0.29, 0.717) is 12.8 Å². The van der Waals surface area contributed by atoms with Gasteiger partial charge in [-0.1, -0.05) is 37.3 Å². The number of benzene rings is 1. The van der Waals surface area contributed by atoms with Gasteiger partial charge < -0.3 is 5.32 Å². The minimum Gasteiger partial charge on any atom is -0.334 e. The summed E-state index contributed by atoms with van der Waals surface area (Å²) in [5, 5.41) is 12.1. The van der Waals surface area contributed by atoms with E-state index in [9.17, 15) is 14.4 Å². The van der Waals surface area contributed by atoms with Crippen molar-refractivity contribution in [3.8, 4) is 6.07 Å². The first-order valence-corrected chi connectivity index (χ1v) is 7.13. The Balaban J connectivity index is 2.16. The molecule has 0 heterocycles. The summed E-state index contributed by atoms with van der Waals surface area (Å²) in [6.45, 7) is 0. The lowest BCUT2D eigenvalue weighted by Crippen LogP contribution is -2.47. The minimum absolute atomic E-state index is 0.0930. The fourth-order valence-electron chi connectivity index (χ4n) is 2.52. The molecule has 1 aromatic carbocycles. The molecule has 0 bridgehead atoms. The molecule has 0 aliphatic heterocycles. The summed E-state index contributed by atoms with van der Waals surface area (Å²) in [5.74, 6) is -0.942. The van der Waals surface area contributed by atoms with Crippen LogP contribution in [0.25, 0.3) is 0 Å². The highest BCUT2D eigenvalue weighted by atomic mass is 35.5. The quantitative estimate of drug-likeness (QED) is 0.843. The Hall–Kier alpha value is -1.60. The van der Waals surface area contributed by atoms with E-state index >= 15 is 0 Å². The minimum atomic E-state index is -0.811. The Morgan fingerprint density at radius 3 is 2.50 bits per heavy atom. The van der Waals surface area contributed by atoms with Gasteiger partial charge in [-0.05, 0) is 31.0 Å². The molecule has 106 valence electrons. The molecule has 1 fully saturated rings. The van der Waals surface area contributed by atoms with Crippen LogP contribution in [0.2, 0.25) is 5.02 Å². The van der Waals surface area contributed by atoms with Crippen LogP contribution in [-0.2, 0) is 0 Å². The Morgan fingerprint density at radius 2 is 1.95 bits per heavy atom. The second-order valence-electron chi connectivity index (χ2n) is 5.19. The van der Waals surface area contributed by atoms with E-state index in [1.807, 2.05) is 0 Å². The smallest absolute Gasteiger partial charge is 0.252 e. The summed E-state index contributed by atoms with van der Waals surface area (Å²) in [4.78, 5) is 12.2. The molecule has 0 atom stereocenters. The summed E-state index contributed by atoms with van der Waals surface area (Å²) in [7, 11) is 0. The average Bonchev–Trinajstić information content (AvgIpc) is 2.68. The summed E-state index contributed by atoms with van der Waals surface area (Å²) in [5.41, 5.74) is -0.538. The summed E-state index contributed by atoms with van der Waals surface area (Å²) in [6.07, 6.45) is 5.34. The summed E-state index contributed by atoms with van der Waals surface area (Å²) >= 11 is 5.68. The zero-order valence-corrected chi connectivity index (χ0v) is 11.8. The van der Waals surface area contributed by atoms with E-state index in [-0.39, 0.29) is 16.5 Å². The van der Waals surface area contributed by atoms with Gasteiger partial charge in [-0.3, -0.25) is 4.79 Å². The lowest BCUT2D eigenvalue weighted by atomic mass is 9.91. The van der Waals surface area contributed by atoms with Crippen molar-refractivity contribution in [2.24, 2.45) is 0 Å². The Bertz CT molecular complexity index is 545. The van der Waals surface area contributed by atoms with Gasteiger partial charge in [0, 0.05) is 5.56 Å². The van der Waals surface area contributed by atoms with Gasteiger partial charge in [0.25, 0.3) is 5.91 Å². The van der Waals surface area contributed by atoms with Crippen LogP contribution in [0, 0.1) is 17.1 Å². The van der Waals surface area contributed by atoms with Crippen molar-refractivity contribution in [3.63, 3.8) is 0 Å². The molecular weight excluding hydrogens is 279 g/mol. The number of amides is 1. The fourth-order valence-corrected chi connectivity index (χ4v) is 2.70. The molecule has 3 nitrogen and oxygen atoms in total. The predicted molar refractivity (Wildman–Crippen MR) is 74.9 cm³/mol. The predicted octanol–water partition coefficient (Wildman–Crippen LogP) is 3.83. The van der Waals surface area contributed by atoms with Crippen LogP contribution in [0.5, 0.6) is 0 Å². The van der Waals surface area contributed by atoms with E-state index in [1.54, 1.807) is 0 Å². The largest absolute Gasteiger partial charge is 0.334 e. The first kappa shape index (κ1) is 14.8. The summed E-state index contributed by atoms with van der Waals surface area (Å²) in [6, 6.07) is 6.06. The molecule has 1 N–H and O–H groups in total. The monoisotopic (exact) mass is 294 g/mol. The van der Waals surface area contributed by atoms with Gasteiger partial charge in [0.15, 0.2) is 0 Å². The number of carbonyl (C=O) groups is 1. The van der Waals surface area contributed by atoms with Crippen LogP contribution < -0.4 is 5.32 Å². The number of nitrogens with one attached hydrogen (secondary N) is 1. The van der Waals surface area contributed by atoms with Crippen LogP contribution in [0.1, 0.15) is 48.9 Å². The molecule has 0 spiro atoms. The Labute approximate surface area is 122 Å². The second kappa shape index (κ2) is 6.23. The molecule has 1 aliphatic rings. The third-order valence-corrected chi connectivity index (χ3v) is 4.00. The third kappa shape index (κ3) is 3.29. The maximum absolute atomic E-state index is 13.1. The van der Waals surface area contributed by atoms with Gasteiger partial charge in [-0.15, -0.1) is 0 Å². The number of nitrogens with zero attached hydrogens (tertiary/aromatic N) is 1. The van der Waals surface area contributed by atoms with Crippen LogP contribution in [-0.4, -0.2) is 11.4 Å². The molecular formula is C15H16ClFN2O. The first-order valence-electron chi connectivity index (χ1n) is 6.75. The highest BCUT2D eigenvalue weighted by molar-refractivity contribution is 6.31. The highest BCUT2D eigenvalue weighted by Crippen LogP contribution is 2.27. The van der Waals surface area contributed by atoms with E-state index in [1.165, 1.54) is 12.1 Å². The lowest BCUT2D eigenvalue weighted by Gasteiger charge is -2.26. The molecule has 1 saturated carbocycles. The van der Waals surface area contributed by atoms with Crippen molar-refractivity contribution in [2.45, 2.75) is 44.1 Å². The molecule has 2 rings (SSSR count). The van der Waals surface area contributed by atoms with Crippen LogP contribution >= 0.6 is 11.6 Å². The van der Waals surface area contributed by atoms with Gasteiger partial charge in [0.2, 0.25) is 0 Å². The number of halogens is 2. The van der Waals surface area contributed by atoms with Crippen molar-refractivity contribution < 1.29 is 9.18 Å². The van der Waals surface area contributed by atoms with E-state index in [2.05, 4.69) is 11.4 Å². The molecule has 1 aromatic rings. The number of hydrogen-bond donors (Lipinski definition) is 1. The number of nitriles is 1. The molecule has 1 aliphatic carbocycles. The Kier molecular flexibility index (Phi) is 4.61. The zero-order chi connectivity index (χ0) is 14.6. The topological polar surface area (TPSA) is 52.9 Å². The lowest BCUT2D eigenvalue weighted by molar-refractivity contribution is 0.0913. The molecule has 0 unspecified atom stereocenters. The zero-order valence-electron chi connectivity index (χ0n) is 11.1. The number of carbonyl (C=O) groups excluding carboxylic acids is 1. The molecule has 0 saturated heterocycles. The standard InChI is InChI=1S/C15H16ClFN2O/c16-12-9-11(5-6-13(12)17)14(20)19-15(10-18)7-3-1-2-4-8-15/h5-6,9H,1-4,7-8H2,(H,19,20). The second-order valence-corrected chi connectivity index (χ2v) is 5.60. The summed E-state index contributed by atoms with van der Waals surface area (Å²) < 4.78 is 13.1. The van der Waals surface area contributed by atoms with Crippen LogP contribution in [0.3, 0.4) is 0 Å². The van der Waals surface area contributed by atoms with Crippen molar-refractivity contribution in [1.29, 1.82) is 5.26 Å². The SMILES string of the molecule is N#CC1(NC(=O)c2ccc(F)c(Cl)c2)CCCCCC1. The van der Waals surface area contributed by atoms with Crippen molar-refractivity contribution >= 4 is 17.5 Å². The normalized spacial score (nSPS) is 17.9. The maximum Gasteiger partial charge on any atom is 0.252 e.